The van der Waals surface area contributed by atoms with Crippen molar-refractivity contribution in [3.8, 4) is 0 Å². The molecule has 2 aliphatic rings. The number of anilines is 1. The summed E-state index contributed by atoms with van der Waals surface area (Å²) in [7, 11) is -1.98. The zero-order chi connectivity index (χ0) is 28.7. The summed E-state index contributed by atoms with van der Waals surface area (Å²) >= 11 is 0. The molecule has 1 N–H and O–H groups in total. The van der Waals surface area contributed by atoms with Crippen LogP contribution in [-0.4, -0.2) is 23.9 Å². The molecule has 1 heterocycles. The van der Waals surface area contributed by atoms with Crippen LogP contribution in [0.5, 0.6) is 0 Å². The molecule has 0 saturated heterocycles. The number of amides is 1. The third-order valence-corrected chi connectivity index (χ3v) is 9.78. The number of hydrogen-bond acceptors (Lipinski definition) is 4. The van der Waals surface area contributed by atoms with Crippen LogP contribution in [0.15, 0.2) is 84.0 Å². The van der Waals surface area contributed by atoms with Crippen molar-refractivity contribution in [2.24, 2.45) is 13.0 Å². The molecule has 3 atom stereocenters. The zero-order valence-electron chi connectivity index (χ0n) is 23.1. The molecule has 41 heavy (non-hydrogen) atoms. The van der Waals surface area contributed by atoms with E-state index < -0.39 is 21.9 Å². The van der Waals surface area contributed by atoms with Gasteiger partial charge in [-0.25, -0.2) is 22.5 Å². The van der Waals surface area contributed by atoms with Crippen LogP contribution >= 0.6 is 0 Å². The summed E-state index contributed by atoms with van der Waals surface area (Å²) in [5.41, 5.74) is 4.08. The second-order valence-corrected chi connectivity index (χ2v) is 12.8. The maximum Gasteiger partial charge on any atom is 0.241 e. The first-order valence-electron chi connectivity index (χ1n) is 13.9. The average Bonchev–Trinajstić information content (AvgIpc) is 3.67. The molecule has 4 aromatic rings. The highest BCUT2D eigenvalue weighted by Gasteiger charge is 2.46. The lowest BCUT2D eigenvalue weighted by molar-refractivity contribution is -0.120. The van der Waals surface area contributed by atoms with E-state index in [1.165, 1.54) is 23.8 Å². The Morgan fingerprint density at radius 2 is 1.93 bits per heavy atom. The molecular weight excluding hydrogens is 539 g/mol. The molecule has 1 saturated carbocycles. The minimum atomic E-state index is -3.89. The standard InChI is InChI=1S/C32H33FN4O3S/c1-21-17-25(13-14-29(21)33)41(39,40)35-30-10-6-9-23-11-12-24(18-27(23)30)37(20-31-34-15-16-36(31)2)32(38)28-19-26(28)22-7-4-3-5-8-22/h3-5,7-8,11-18,26,28,30,35H,6,9-10,19-20H2,1-2H3/t26-,28+,30-/m0/s1. The number of carbonyl (C=O) groups is 1. The van der Waals surface area contributed by atoms with Crippen molar-refractivity contribution < 1.29 is 17.6 Å². The number of nitrogens with one attached hydrogen (secondary N) is 1. The highest BCUT2D eigenvalue weighted by molar-refractivity contribution is 7.89. The molecule has 0 unspecified atom stereocenters. The maximum atomic E-state index is 14.0. The molecule has 2 aliphatic carbocycles. The van der Waals surface area contributed by atoms with Crippen molar-refractivity contribution in [1.29, 1.82) is 0 Å². The Bertz CT molecular complexity index is 1700. The molecule has 1 fully saturated rings. The number of hydrogen-bond donors (Lipinski definition) is 1. The maximum absolute atomic E-state index is 14.0. The molecular formula is C32H33FN4O3S. The number of carbonyl (C=O) groups excluding carboxylic acids is 1. The first-order chi connectivity index (χ1) is 19.7. The number of halogens is 1. The lowest BCUT2D eigenvalue weighted by Gasteiger charge is -2.29. The van der Waals surface area contributed by atoms with Crippen LogP contribution in [-0.2, 0) is 34.8 Å². The van der Waals surface area contributed by atoms with E-state index in [1.54, 1.807) is 18.0 Å². The monoisotopic (exact) mass is 572 g/mol. The summed E-state index contributed by atoms with van der Waals surface area (Å²) in [5, 5.41) is 0. The third kappa shape index (κ3) is 5.56. The largest absolute Gasteiger partial charge is 0.337 e. The fourth-order valence-electron chi connectivity index (χ4n) is 5.84. The number of rotatable bonds is 8. The molecule has 1 aromatic heterocycles. The molecule has 0 aliphatic heterocycles. The SMILES string of the molecule is Cc1cc(S(=O)(=O)N[C@H]2CCCc3ccc(N(Cc4nccn4C)C(=O)[C@@H]4C[C@H]4c4ccccc4)cc32)ccc1F. The van der Waals surface area contributed by atoms with Crippen molar-refractivity contribution >= 4 is 21.6 Å². The van der Waals surface area contributed by atoms with Gasteiger partial charge in [-0.15, -0.1) is 0 Å². The van der Waals surface area contributed by atoms with Crippen molar-refractivity contribution in [3.05, 3.63) is 113 Å². The highest BCUT2D eigenvalue weighted by atomic mass is 32.2. The molecule has 3 aromatic carbocycles. The molecule has 0 radical (unpaired) electrons. The summed E-state index contributed by atoms with van der Waals surface area (Å²) in [6, 6.07) is 19.4. The van der Waals surface area contributed by atoms with Gasteiger partial charge in [0.1, 0.15) is 11.6 Å². The van der Waals surface area contributed by atoms with Gasteiger partial charge in [-0.1, -0.05) is 36.4 Å². The minimum Gasteiger partial charge on any atom is -0.337 e. The van der Waals surface area contributed by atoms with Crippen LogP contribution in [0.3, 0.4) is 0 Å². The topological polar surface area (TPSA) is 84.3 Å². The number of aromatic nitrogens is 2. The first kappa shape index (κ1) is 27.4. The van der Waals surface area contributed by atoms with Gasteiger partial charge >= 0.3 is 0 Å². The number of imidazole rings is 1. The van der Waals surface area contributed by atoms with Crippen LogP contribution in [0.4, 0.5) is 10.1 Å². The summed E-state index contributed by atoms with van der Waals surface area (Å²) in [4.78, 5) is 20.3. The first-order valence-corrected chi connectivity index (χ1v) is 15.4. The summed E-state index contributed by atoms with van der Waals surface area (Å²) in [5.74, 6) is 0.418. The van der Waals surface area contributed by atoms with Crippen molar-refractivity contribution in [2.45, 2.75) is 56.0 Å². The normalized spacial score (nSPS) is 19.9. The Morgan fingerprint density at radius 3 is 2.66 bits per heavy atom. The molecule has 1 amide bonds. The lowest BCUT2D eigenvalue weighted by Crippen LogP contribution is -2.34. The lowest BCUT2D eigenvalue weighted by atomic mass is 9.87. The molecule has 0 spiro atoms. The van der Waals surface area contributed by atoms with Crippen LogP contribution in [0.25, 0.3) is 0 Å². The second kappa shape index (κ2) is 10.9. The van der Waals surface area contributed by atoms with Crippen LogP contribution < -0.4 is 9.62 Å². The molecule has 0 bridgehead atoms. The Labute approximate surface area is 240 Å². The predicted octanol–water partition coefficient (Wildman–Crippen LogP) is 5.56. The van der Waals surface area contributed by atoms with Crippen molar-refractivity contribution in [1.82, 2.24) is 14.3 Å². The Hall–Kier alpha value is -3.82. The number of fused-ring (bicyclic) bond motifs is 1. The van der Waals surface area contributed by atoms with E-state index in [0.717, 1.165) is 41.9 Å². The van der Waals surface area contributed by atoms with Gasteiger partial charge < -0.3 is 9.47 Å². The van der Waals surface area contributed by atoms with Gasteiger partial charge in [-0.2, -0.15) is 0 Å². The van der Waals surface area contributed by atoms with Gasteiger partial charge in [0.05, 0.1) is 11.4 Å². The number of benzene rings is 3. The Kier molecular flexibility index (Phi) is 7.25. The van der Waals surface area contributed by atoms with Gasteiger partial charge in [0.15, 0.2) is 0 Å². The summed E-state index contributed by atoms with van der Waals surface area (Å²) < 4.78 is 45.2. The molecule has 9 heteroatoms. The van der Waals surface area contributed by atoms with Gasteiger partial charge in [0.25, 0.3) is 0 Å². The van der Waals surface area contributed by atoms with E-state index in [2.05, 4.69) is 21.8 Å². The number of sulfonamides is 1. The van der Waals surface area contributed by atoms with Crippen molar-refractivity contribution in [2.75, 3.05) is 4.90 Å². The molecule has 212 valence electrons. The molecule has 7 nitrogen and oxygen atoms in total. The summed E-state index contributed by atoms with van der Waals surface area (Å²) in [6.07, 6.45) is 6.66. The van der Waals surface area contributed by atoms with Gasteiger partial charge in [-0.3, -0.25) is 4.79 Å². The quantitative estimate of drug-likeness (QED) is 0.300. The highest BCUT2D eigenvalue weighted by Crippen LogP contribution is 2.49. The van der Waals surface area contributed by atoms with Crippen LogP contribution in [0.1, 0.15) is 59.3 Å². The fourth-order valence-corrected chi connectivity index (χ4v) is 7.17. The number of aryl methyl sites for hydroxylation is 3. The molecule has 6 rings (SSSR count). The average molecular weight is 573 g/mol. The Balaban J connectivity index is 1.32. The van der Waals surface area contributed by atoms with Crippen molar-refractivity contribution in [3.63, 3.8) is 0 Å². The smallest absolute Gasteiger partial charge is 0.241 e. The van der Waals surface area contributed by atoms with Crippen LogP contribution in [0, 0.1) is 18.7 Å². The zero-order valence-corrected chi connectivity index (χ0v) is 23.9. The predicted molar refractivity (Wildman–Crippen MR) is 155 cm³/mol. The second-order valence-electron chi connectivity index (χ2n) is 11.1. The summed E-state index contributed by atoms with van der Waals surface area (Å²) in [6.45, 7) is 1.86. The fraction of sp³-hybridized carbons (Fsp3) is 0.312. The van der Waals surface area contributed by atoms with E-state index in [0.29, 0.717) is 13.0 Å². The van der Waals surface area contributed by atoms with E-state index >= 15 is 0 Å². The van der Waals surface area contributed by atoms with E-state index in [1.807, 2.05) is 54.2 Å². The van der Waals surface area contributed by atoms with Crippen LogP contribution in [0.2, 0.25) is 0 Å². The van der Waals surface area contributed by atoms with E-state index in [4.69, 9.17) is 0 Å². The van der Waals surface area contributed by atoms with E-state index in [-0.39, 0.29) is 28.2 Å². The van der Waals surface area contributed by atoms with E-state index in [9.17, 15) is 17.6 Å². The Morgan fingerprint density at radius 1 is 1.12 bits per heavy atom. The van der Waals surface area contributed by atoms with Gasteiger partial charge in [-0.05, 0) is 91.1 Å². The van der Waals surface area contributed by atoms with Gasteiger partial charge in [0.2, 0.25) is 15.9 Å². The van der Waals surface area contributed by atoms with Gasteiger partial charge in [0, 0.05) is 37.1 Å². The minimum absolute atomic E-state index is 0.0342. The number of nitrogens with zero attached hydrogens (tertiary/aromatic N) is 3. The third-order valence-electron chi connectivity index (χ3n) is 8.31.